The first-order valence-electron chi connectivity index (χ1n) is 7.60. The number of fused-ring (bicyclic) bond motifs is 3. The van der Waals surface area contributed by atoms with Crippen LogP contribution in [-0.4, -0.2) is 23.1 Å². The number of nitrogens with zero attached hydrogens (tertiary/aromatic N) is 3. The molecule has 106 valence electrons. The molecule has 3 heterocycles. The molecule has 4 heteroatoms. The van der Waals surface area contributed by atoms with Gasteiger partial charge in [0.05, 0.1) is 17.1 Å². The Morgan fingerprint density at radius 3 is 2.62 bits per heavy atom. The minimum absolute atomic E-state index is 0.314. The van der Waals surface area contributed by atoms with E-state index in [0.29, 0.717) is 23.7 Å². The zero-order valence-electron chi connectivity index (χ0n) is 11.9. The quantitative estimate of drug-likeness (QED) is 0.870. The van der Waals surface area contributed by atoms with Gasteiger partial charge in [0.2, 0.25) is 0 Å². The zero-order chi connectivity index (χ0) is 14.4. The van der Waals surface area contributed by atoms with Gasteiger partial charge in [-0.15, -0.1) is 0 Å². The summed E-state index contributed by atoms with van der Waals surface area (Å²) in [5.41, 5.74) is 7.76. The molecule has 2 atom stereocenters. The van der Waals surface area contributed by atoms with E-state index in [1.165, 1.54) is 12.8 Å². The van der Waals surface area contributed by atoms with Crippen molar-refractivity contribution in [1.82, 2.24) is 4.98 Å². The Morgan fingerprint density at radius 2 is 1.90 bits per heavy atom. The number of aromatic nitrogens is 1. The molecule has 2 saturated heterocycles. The third kappa shape index (κ3) is 1.97. The summed E-state index contributed by atoms with van der Waals surface area (Å²) >= 11 is 0. The van der Waals surface area contributed by atoms with E-state index in [1.54, 1.807) is 0 Å². The van der Waals surface area contributed by atoms with Gasteiger partial charge in [-0.25, -0.2) is 4.98 Å². The van der Waals surface area contributed by atoms with Crippen LogP contribution in [0.5, 0.6) is 0 Å². The number of hydrogen-bond acceptors (Lipinski definition) is 4. The molecule has 0 amide bonds. The van der Waals surface area contributed by atoms with Crippen LogP contribution in [0.1, 0.15) is 31.2 Å². The molecule has 4 rings (SSSR count). The first-order valence-corrected chi connectivity index (χ1v) is 7.60. The van der Waals surface area contributed by atoms with Crippen molar-refractivity contribution in [3.8, 4) is 6.07 Å². The van der Waals surface area contributed by atoms with Crippen molar-refractivity contribution in [1.29, 1.82) is 5.26 Å². The van der Waals surface area contributed by atoms with E-state index in [9.17, 15) is 5.26 Å². The SMILES string of the molecule is N#Cc1cc(N2C3CCC2CC(N)C3)nc2ccccc12. The van der Waals surface area contributed by atoms with Crippen molar-refractivity contribution < 1.29 is 0 Å². The van der Waals surface area contributed by atoms with Gasteiger partial charge in [-0.05, 0) is 37.8 Å². The van der Waals surface area contributed by atoms with Gasteiger partial charge in [0, 0.05) is 23.5 Å². The number of pyridine rings is 1. The molecule has 2 aliphatic heterocycles. The summed E-state index contributed by atoms with van der Waals surface area (Å²) < 4.78 is 0. The van der Waals surface area contributed by atoms with Crippen LogP contribution in [0.4, 0.5) is 5.82 Å². The fourth-order valence-electron chi connectivity index (χ4n) is 3.98. The highest BCUT2D eigenvalue weighted by Crippen LogP contribution is 2.39. The summed E-state index contributed by atoms with van der Waals surface area (Å²) in [5.74, 6) is 0.949. The molecule has 0 radical (unpaired) electrons. The van der Waals surface area contributed by atoms with Gasteiger partial charge in [0.15, 0.2) is 0 Å². The molecule has 0 saturated carbocycles. The Labute approximate surface area is 124 Å². The van der Waals surface area contributed by atoms with Gasteiger partial charge >= 0.3 is 0 Å². The van der Waals surface area contributed by atoms with Crippen molar-refractivity contribution in [2.45, 2.75) is 43.8 Å². The number of anilines is 1. The van der Waals surface area contributed by atoms with Crippen LogP contribution in [-0.2, 0) is 0 Å². The first-order chi connectivity index (χ1) is 10.3. The Bertz CT molecular complexity index is 719. The number of rotatable bonds is 1. The fraction of sp³-hybridized carbons (Fsp3) is 0.412. The minimum Gasteiger partial charge on any atom is -0.350 e. The predicted octanol–water partition coefficient (Wildman–Crippen LogP) is 2.56. The number of nitrogens with two attached hydrogens (primary N) is 1. The van der Waals surface area contributed by atoms with E-state index in [-0.39, 0.29) is 0 Å². The third-order valence-corrected chi connectivity index (χ3v) is 4.86. The topological polar surface area (TPSA) is 65.9 Å². The number of piperidine rings is 1. The van der Waals surface area contributed by atoms with E-state index in [2.05, 4.69) is 11.0 Å². The van der Waals surface area contributed by atoms with Crippen LogP contribution in [0.25, 0.3) is 10.9 Å². The molecule has 21 heavy (non-hydrogen) atoms. The third-order valence-electron chi connectivity index (χ3n) is 4.86. The average Bonchev–Trinajstić information content (AvgIpc) is 2.78. The maximum absolute atomic E-state index is 9.43. The lowest BCUT2D eigenvalue weighted by Crippen LogP contribution is -2.47. The van der Waals surface area contributed by atoms with Gasteiger partial charge in [-0.3, -0.25) is 0 Å². The lowest BCUT2D eigenvalue weighted by Gasteiger charge is -2.38. The van der Waals surface area contributed by atoms with Crippen molar-refractivity contribution >= 4 is 16.7 Å². The normalized spacial score (nSPS) is 27.8. The lowest BCUT2D eigenvalue weighted by atomic mass is 9.98. The molecule has 1 aromatic carbocycles. The second-order valence-electron chi connectivity index (χ2n) is 6.18. The van der Waals surface area contributed by atoms with E-state index in [4.69, 9.17) is 10.7 Å². The van der Waals surface area contributed by atoms with Gasteiger partial charge in [0.1, 0.15) is 5.82 Å². The second kappa shape index (κ2) is 4.71. The van der Waals surface area contributed by atoms with Crippen LogP contribution in [0.15, 0.2) is 30.3 Å². The molecule has 2 N–H and O–H groups in total. The zero-order valence-corrected chi connectivity index (χ0v) is 11.9. The number of para-hydroxylation sites is 1. The molecule has 2 unspecified atom stereocenters. The highest BCUT2D eigenvalue weighted by atomic mass is 15.3. The molecular weight excluding hydrogens is 260 g/mol. The molecular formula is C17H18N4. The Morgan fingerprint density at radius 1 is 1.19 bits per heavy atom. The maximum atomic E-state index is 9.43. The smallest absolute Gasteiger partial charge is 0.131 e. The Kier molecular flexibility index (Phi) is 2.83. The molecule has 2 aliphatic rings. The first kappa shape index (κ1) is 12.6. The monoisotopic (exact) mass is 278 g/mol. The minimum atomic E-state index is 0.314. The van der Waals surface area contributed by atoms with Gasteiger partial charge in [0.25, 0.3) is 0 Å². The van der Waals surface area contributed by atoms with Crippen LogP contribution >= 0.6 is 0 Å². The molecule has 4 nitrogen and oxygen atoms in total. The Balaban J connectivity index is 1.83. The van der Waals surface area contributed by atoms with Crippen molar-refractivity contribution in [3.63, 3.8) is 0 Å². The summed E-state index contributed by atoms with van der Waals surface area (Å²) in [5, 5.41) is 10.4. The van der Waals surface area contributed by atoms with Crippen molar-refractivity contribution in [3.05, 3.63) is 35.9 Å². The molecule has 2 bridgehead atoms. The standard InChI is InChI=1S/C17H18N4/c18-10-11-7-17(20-16-4-2-1-3-15(11)16)21-13-5-6-14(21)9-12(19)8-13/h1-4,7,12-14H,5-6,8-9,19H2. The molecule has 2 fully saturated rings. The summed E-state index contributed by atoms with van der Waals surface area (Å²) in [7, 11) is 0. The van der Waals surface area contributed by atoms with Gasteiger partial charge < -0.3 is 10.6 Å². The van der Waals surface area contributed by atoms with Crippen molar-refractivity contribution in [2.24, 2.45) is 5.73 Å². The van der Waals surface area contributed by atoms with E-state index in [0.717, 1.165) is 29.6 Å². The van der Waals surface area contributed by atoms with Crippen molar-refractivity contribution in [2.75, 3.05) is 4.90 Å². The predicted molar refractivity (Wildman–Crippen MR) is 83.0 cm³/mol. The summed E-state index contributed by atoms with van der Waals surface area (Å²) in [6.07, 6.45) is 4.45. The van der Waals surface area contributed by atoms with E-state index < -0.39 is 0 Å². The number of benzene rings is 1. The highest BCUT2D eigenvalue weighted by Gasteiger charge is 2.40. The highest BCUT2D eigenvalue weighted by molar-refractivity contribution is 5.86. The Hall–Kier alpha value is -2.12. The van der Waals surface area contributed by atoms with Crippen LogP contribution < -0.4 is 10.6 Å². The molecule has 1 aromatic heterocycles. The van der Waals surface area contributed by atoms with Crippen LogP contribution in [0.3, 0.4) is 0 Å². The maximum Gasteiger partial charge on any atom is 0.131 e. The van der Waals surface area contributed by atoms with E-state index >= 15 is 0 Å². The fourth-order valence-corrected chi connectivity index (χ4v) is 3.98. The molecule has 0 spiro atoms. The summed E-state index contributed by atoms with van der Waals surface area (Å²) in [6, 6.07) is 13.4. The average molecular weight is 278 g/mol. The molecule has 0 aliphatic carbocycles. The van der Waals surface area contributed by atoms with Crippen LogP contribution in [0, 0.1) is 11.3 Å². The van der Waals surface area contributed by atoms with Crippen LogP contribution in [0.2, 0.25) is 0 Å². The van der Waals surface area contributed by atoms with Gasteiger partial charge in [-0.1, -0.05) is 18.2 Å². The van der Waals surface area contributed by atoms with Gasteiger partial charge in [-0.2, -0.15) is 5.26 Å². The lowest BCUT2D eigenvalue weighted by molar-refractivity contribution is 0.412. The molecule has 2 aromatic rings. The largest absolute Gasteiger partial charge is 0.350 e. The summed E-state index contributed by atoms with van der Waals surface area (Å²) in [6.45, 7) is 0. The second-order valence-corrected chi connectivity index (χ2v) is 6.18. The number of nitriles is 1. The summed E-state index contributed by atoms with van der Waals surface area (Å²) in [4.78, 5) is 7.22. The number of hydrogen-bond donors (Lipinski definition) is 1. The van der Waals surface area contributed by atoms with E-state index in [1.807, 2.05) is 30.3 Å².